The third-order valence-corrected chi connectivity index (χ3v) is 4.17. The lowest BCUT2D eigenvalue weighted by Crippen LogP contribution is -2.57. The second-order valence-corrected chi connectivity index (χ2v) is 6.91. The summed E-state index contributed by atoms with van der Waals surface area (Å²) in [6, 6.07) is 0.896. The predicted octanol–water partition coefficient (Wildman–Crippen LogP) is -2.62. The average Bonchev–Trinajstić information content (AvgIpc) is 2.71. The molecule has 1 aromatic rings. The molecule has 0 aromatic heterocycles. The molecule has 1 rings (SSSR count). The molecule has 3 atom stereocenters. The lowest BCUT2D eigenvalue weighted by Gasteiger charge is -2.23. The third kappa shape index (κ3) is 10.1. The van der Waals surface area contributed by atoms with E-state index in [0.29, 0.717) is 5.56 Å². The molecule has 0 aliphatic rings. The largest absolute Gasteiger partial charge is 0.508 e. The van der Waals surface area contributed by atoms with Crippen molar-refractivity contribution >= 4 is 35.6 Å². The first kappa shape index (κ1) is 26.8. The number of phenols is 1. The normalized spacial score (nSPS) is 13.1. The molecule has 0 aliphatic heterocycles. The zero-order chi connectivity index (χ0) is 25.1. The molecule has 9 N–H and O–H groups in total. The number of aromatic hydroxyl groups is 1. The zero-order valence-electron chi connectivity index (χ0n) is 17.2. The van der Waals surface area contributed by atoms with Crippen molar-refractivity contribution in [2.45, 2.75) is 37.4 Å². The number of carboxylic acids is 3. The highest BCUT2D eigenvalue weighted by Crippen LogP contribution is 2.12. The molecule has 0 aliphatic carbocycles. The summed E-state index contributed by atoms with van der Waals surface area (Å²) in [5.41, 5.74) is 5.88. The van der Waals surface area contributed by atoms with Gasteiger partial charge in [-0.3, -0.25) is 28.8 Å². The lowest BCUT2D eigenvalue weighted by atomic mass is 10.0. The molecule has 0 heterocycles. The molecule has 0 spiro atoms. The van der Waals surface area contributed by atoms with Gasteiger partial charge in [0.25, 0.3) is 0 Å². The van der Waals surface area contributed by atoms with Gasteiger partial charge in [-0.15, -0.1) is 0 Å². The Bertz CT molecular complexity index is 902. The Hall–Kier alpha value is -4.20. The molecule has 33 heavy (non-hydrogen) atoms. The Labute approximate surface area is 186 Å². The van der Waals surface area contributed by atoms with Gasteiger partial charge in [0.05, 0.1) is 18.9 Å². The van der Waals surface area contributed by atoms with E-state index in [1.54, 1.807) is 0 Å². The molecule has 3 amide bonds. The number of carboxylic acid groups (broad SMARTS) is 3. The SMILES string of the molecule is NC(CC(=O)O)C(=O)NC(CC(=O)O)C(=O)NC(Cc1ccc(O)cc1)C(=O)NCC(=O)O. The van der Waals surface area contributed by atoms with Gasteiger partial charge in [0.15, 0.2) is 0 Å². The maximum absolute atomic E-state index is 12.7. The van der Waals surface area contributed by atoms with Crippen molar-refractivity contribution in [3.8, 4) is 5.75 Å². The minimum Gasteiger partial charge on any atom is -0.508 e. The van der Waals surface area contributed by atoms with Crippen LogP contribution in [0.2, 0.25) is 0 Å². The van der Waals surface area contributed by atoms with Crippen molar-refractivity contribution in [3.63, 3.8) is 0 Å². The van der Waals surface area contributed by atoms with Crippen molar-refractivity contribution in [3.05, 3.63) is 29.8 Å². The highest BCUT2D eigenvalue weighted by molar-refractivity contribution is 5.96. The highest BCUT2D eigenvalue weighted by Gasteiger charge is 2.30. The van der Waals surface area contributed by atoms with E-state index in [9.17, 15) is 33.9 Å². The number of hydrogen-bond acceptors (Lipinski definition) is 8. The fourth-order valence-electron chi connectivity index (χ4n) is 2.58. The van der Waals surface area contributed by atoms with Gasteiger partial charge in [-0.2, -0.15) is 0 Å². The third-order valence-electron chi connectivity index (χ3n) is 4.17. The number of benzene rings is 1. The van der Waals surface area contributed by atoms with Gasteiger partial charge < -0.3 is 42.1 Å². The number of phenolic OH excluding ortho intramolecular Hbond substituents is 1. The van der Waals surface area contributed by atoms with Crippen molar-refractivity contribution < 1.29 is 49.2 Å². The zero-order valence-corrected chi connectivity index (χ0v) is 17.2. The number of amides is 3. The Kier molecular flexibility index (Phi) is 10.3. The van der Waals surface area contributed by atoms with Crippen LogP contribution in [0.5, 0.6) is 5.75 Å². The minimum atomic E-state index is -1.70. The van der Waals surface area contributed by atoms with E-state index in [-0.39, 0.29) is 12.2 Å². The van der Waals surface area contributed by atoms with Crippen molar-refractivity contribution in [1.82, 2.24) is 16.0 Å². The number of nitrogens with two attached hydrogens (primary N) is 1. The lowest BCUT2D eigenvalue weighted by molar-refractivity contribution is -0.142. The molecule has 14 nitrogen and oxygen atoms in total. The molecule has 180 valence electrons. The molecule has 0 saturated carbocycles. The number of nitrogens with one attached hydrogen (secondary N) is 3. The Balaban J connectivity index is 3.03. The smallest absolute Gasteiger partial charge is 0.322 e. The summed E-state index contributed by atoms with van der Waals surface area (Å²) in [6.07, 6.45) is -1.84. The van der Waals surface area contributed by atoms with Gasteiger partial charge in [-0.25, -0.2) is 0 Å². The number of rotatable bonds is 13. The van der Waals surface area contributed by atoms with E-state index in [1.807, 2.05) is 5.32 Å². The van der Waals surface area contributed by atoms with Gasteiger partial charge in [-0.1, -0.05) is 12.1 Å². The average molecular weight is 468 g/mol. The summed E-state index contributed by atoms with van der Waals surface area (Å²) in [6.45, 7) is -0.750. The fraction of sp³-hybridized carbons (Fsp3) is 0.368. The van der Waals surface area contributed by atoms with Crippen LogP contribution in [0.4, 0.5) is 0 Å². The topological polar surface area (TPSA) is 245 Å². The predicted molar refractivity (Wildman–Crippen MR) is 109 cm³/mol. The molecule has 0 saturated heterocycles. The Morgan fingerprint density at radius 1 is 0.758 bits per heavy atom. The summed E-state index contributed by atoms with van der Waals surface area (Å²) < 4.78 is 0. The standard InChI is InChI=1S/C19H24N4O10/c20-11(6-14(25)26)17(31)22-13(7-15(27)28)19(33)23-12(18(32)21-8-16(29)30)5-9-1-3-10(24)4-2-9/h1-4,11-13,24H,5-8,20H2,(H,21,32)(H,22,31)(H,23,33)(H,25,26)(H,27,28)(H,29,30). The van der Waals surface area contributed by atoms with Crippen LogP contribution < -0.4 is 21.7 Å². The molecule has 0 fully saturated rings. The summed E-state index contributed by atoms with van der Waals surface area (Å²) in [7, 11) is 0. The molecule has 3 unspecified atom stereocenters. The number of carbonyl (C=O) groups excluding carboxylic acids is 3. The molecular weight excluding hydrogens is 444 g/mol. The van der Waals surface area contributed by atoms with Crippen LogP contribution in [0.25, 0.3) is 0 Å². The summed E-state index contributed by atoms with van der Waals surface area (Å²) >= 11 is 0. The first-order chi connectivity index (χ1) is 15.4. The second-order valence-electron chi connectivity index (χ2n) is 6.91. The molecule has 0 radical (unpaired) electrons. The van der Waals surface area contributed by atoms with Gasteiger partial charge in [-0.05, 0) is 17.7 Å². The van der Waals surface area contributed by atoms with E-state index >= 15 is 0 Å². The van der Waals surface area contributed by atoms with Crippen LogP contribution in [0.1, 0.15) is 18.4 Å². The minimum absolute atomic E-state index is 0.0587. The summed E-state index contributed by atoms with van der Waals surface area (Å²) in [5.74, 6) is -7.36. The van der Waals surface area contributed by atoms with Crippen LogP contribution in [0.3, 0.4) is 0 Å². The molecule has 0 bridgehead atoms. The summed E-state index contributed by atoms with van der Waals surface area (Å²) in [5, 5.41) is 42.3. The van der Waals surface area contributed by atoms with E-state index in [1.165, 1.54) is 24.3 Å². The van der Waals surface area contributed by atoms with Crippen molar-refractivity contribution in [2.24, 2.45) is 5.73 Å². The summed E-state index contributed by atoms with van der Waals surface area (Å²) in [4.78, 5) is 69.7. The van der Waals surface area contributed by atoms with Gasteiger partial charge >= 0.3 is 17.9 Å². The molecular formula is C19H24N4O10. The van der Waals surface area contributed by atoms with Gasteiger partial charge in [0.2, 0.25) is 17.7 Å². The first-order valence-electron chi connectivity index (χ1n) is 9.46. The first-order valence-corrected chi connectivity index (χ1v) is 9.46. The maximum Gasteiger partial charge on any atom is 0.322 e. The van der Waals surface area contributed by atoms with E-state index in [2.05, 4.69) is 10.6 Å². The number of hydrogen-bond donors (Lipinski definition) is 8. The highest BCUT2D eigenvalue weighted by atomic mass is 16.4. The van der Waals surface area contributed by atoms with Crippen LogP contribution in [-0.2, 0) is 35.2 Å². The van der Waals surface area contributed by atoms with Crippen molar-refractivity contribution in [2.75, 3.05) is 6.54 Å². The van der Waals surface area contributed by atoms with Crippen molar-refractivity contribution in [1.29, 1.82) is 0 Å². The number of aliphatic carboxylic acids is 3. The monoisotopic (exact) mass is 468 g/mol. The van der Waals surface area contributed by atoms with Crippen LogP contribution in [0.15, 0.2) is 24.3 Å². The van der Waals surface area contributed by atoms with Gasteiger partial charge in [0, 0.05) is 6.42 Å². The fourth-order valence-corrected chi connectivity index (χ4v) is 2.58. The molecule has 1 aromatic carbocycles. The van der Waals surface area contributed by atoms with Gasteiger partial charge in [0.1, 0.15) is 24.4 Å². The Morgan fingerprint density at radius 3 is 1.82 bits per heavy atom. The van der Waals surface area contributed by atoms with E-state index in [0.717, 1.165) is 0 Å². The number of carbonyl (C=O) groups is 6. The van der Waals surface area contributed by atoms with E-state index < -0.39 is 73.1 Å². The maximum atomic E-state index is 12.7. The molecule has 14 heteroatoms. The van der Waals surface area contributed by atoms with Crippen LogP contribution in [0, 0.1) is 0 Å². The van der Waals surface area contributed by atoms with Crippen LogP contribution in [-0.4, -0.2) is 80.7 Å². The van der Waals surface area contributed by atoms with Crippen LogP contribution >= 0.6 is 0 Å². The second kappa shape index (κ2) is 12.6. The quantitative estimate of drug-likeness (QED) is 0.149. The van der Waals surface area contributed by atoms with E-state index in [4.69, 9.17) is 21.1 Å². The Morgan fingerprint density at radius 2 is 1.30 bits per heavy atom.